The van der Waals surface area contributed by atoms with Gasteiger partial charge < -0.3 is 9.64 Å². The summed E-state index contributed by atoms with van der Waals surface area (Å²) < 4.78 is 5.99. The van der Waals surface area contributed by atoms with E-state index >= 15 is 0 Å². The van der Waals surface area contributed by atoms with E-state index in [-0.39, 0.29) is 17.7 Å². The molecule has 1 unspecified atom stereocenters. The molecule has 0 saturated heterocycles. The fourth-order valence-electron chi connectivity index (χ4n) is 3.05. The molecule has 1 aliphatic rings. The number of nitriles is 1. The van der Waals surface area contributed by atoms with Crippen LogP contribution in [0, 0.1) is 27.4 Å². The highest BCUT2D eigenvalue weighted by atomic mass is 16.6. The van der Waals surface area contributed by atoms with Crippen LogP contribution in [0.15, 0.2) is 48.5 Å². The normalized spacial score (nSPS) is 17.1. The van der Waals surface area contributed by atoms with Gasteiger partial charge in [-0.15, -0.1) is 0 Å². The zero-order valence-corrected chi connectivity index (χ0v) is 14.0. The zero-order chi connectivity index (χ0) is 17.8. The molecule has 6 nitrogen and oxygen atoms in total. The van der Waals surface area contributed by atoms with E-state index in [2.05, 4.69) is 11.0 Å². The van der Waals surface area contributed by atoms with Crippen molar-refractivity contribution < 1.29 is 9.66 Å². The molecule has 0 bridgehead atoms. The molecule has 0 N–H and O–H groups in total. The maximum absolute atomic E-state index is 11.1. The third kappa shape index (κ3) is 3.89. The third-order valence-electron chi connectivity index (χ3n) is 4.26. The Labute approximate surface area is 146 Å². The van der Waals surface area contributed by atoms with Gasteiger partial charge in [-0.3, -0.25) is 10.1 Å². The van der Waals surface area contributed by atoms with E-state index in [1.54, 1.807) is 12.1 Å². The summed E-state index contributed by atoms with van der Waals surface area (Å²) in [6.07, 6.45) is 0.505. The maximum Gasteiger partial charge on any atom is 0.271 e. The number of non-ortho nitro benzene ring substituents is 1. The fourth-order valence-corrected chi connectivity index (χ4v) is 3.05. The molecule has 2 aromatic carbocycles. The molecule has 128 valence electrons. The Bertz CT molecular complexity index is 801. The van der Waals surface area contributed by atoms with Crippen LogP contribution in [-0.2, 0) is 6.54 Å². The van der Waals surface area contributed by atoms with Gasteiger partial charge in [0.05, 0.1) is 23.2 Å². The van der Waals surface area contributed by atoms with Crippen LogP contribution in [0.1, 0.15) is 18.9 Å². The standard InChI is InChI=1S/C19H19N3O3/c1-14(11-20)9-17-13-21(12-15-5-3-2-4-6-15)18-10-16(22(23)24)7-8-19(18)25-17/h2-8,10,14,17H,9,12-13H2,1H3/t14-,17?/m0/s1. The number of nitro groups is 1. The Morgan fingerprint density at radius 2 is 2.12 bits per heavy atom. The minimum Gasteiger partial charge on any atom is -0.486 e. The summed E-state index contributed by atoms with van der Waals surface area (Å²) in [5, 5.41) is 20.2. The van der Waals surface area contributed by atoms with Gasteiger partial charge in [-0.25, -0.2) is 0 Å². The van der Waals surface area contributed by atoms with Gasteiger partial charge in [-0.2, -0.15) is 5.26 Å². The molecule has 3 rings (SSSR count). The number of benzene rings is 2. The molecule has 2 atom stereocenters. The molecule has 0 aromatic heterocycles. The lowest BCUT2D eigenvalue weighted by Crippen LogP contribution is -2.40. The lowest BCUT2D eigenvalue weighted by molar-refractivity contribution is -0.384. The van der Waals surface area contributed by atoms with Crippen LogP contribution in [0.3, 0.4) is 0 Å². The number of fused-ring (bicyclic) bond motifs is 1. The molecule has 0 amide bonds. The maximum atomic E-state index is 11.1. The summed E-state index contributed by atoms with van der Waals surface area (Å²) in [6, 6.07) is 16.9. The molecule has 6 heteroatoms. The second-order valence-corrected chi connectivity index (χ2v) is 6.28. The van der Waals surface area contributed by atoms with E-state index in [4.69, 9.17) is 10.00 Å². The molecule has 0 spiro atoms. The Balaban J connectivity index is 1.92. The highest BCUT2D eigenvalue weighted by Crippen LogP contribution is 2.38. The first-order valence-electron chi connectivity index (χ1n) is 8.20. The number of ether oxygens (including phenoxy) is 1. The smallest absolute Gasteiger partial charge is 0.271 e. The first-order valence-corrected chi connectivity index (χ1v) is 8.20. The molecule has 0 fully saturated rings. The second-order valence-electron chi connectivity index (χ2n) is 6.28. The predicted molar refractivity (Wildman–Crippen MR) is 94.4 cm³/mol. The van der Waals surface area contributed by atoms with Crippen molar-refractivity contribution in [3.05, 3.63) is 64.2 Å². The molecular weight excluding hydrogens is 318 g/mol. The monoisotopic (exact) mass is 337 g/mol. The molecule has 0 radical (unpaired) electrons. The topological polar surface area (TPSA) is 79.4 Å². The fraction of sp³-hybridized carbons (Fsp3) is 0.316. The summed E-state index contributed by atoms with van der Waals surface area (Å²) in [7, 11) is 0. The number of nitrogens with zero attached hydrogens (tertiary/aromatic N) is 3. The summed E-state index contributed by atoms with van der Waals surface area (Å²) >= 11 is 0. The van der Waals surface area contributed by atoms with E-state index in [0.717, 1.165) is 11.3 Å². The van der Waals surface area contributed by atoms with Crippen molar-refractivity contribution in [3.63, 3.8) is 0 Å². The van der Waals surface area contributed by atoms with E-state index < -0.39 is 4.92 Å². The van der Waals surface area contributed by atoms with Gasteiger partial charge in [-0.1, -0.05) is 30.3 Å². The minimum absolute atomic E-state index is 0.0456. The van der Waals surface area contributed by atoms with Crippen LogP contribution < -0.4 is 9.64 Å². The largest absolute Gasteiger partial charge is 0.486 e. The van der Waals surface area contributed by atoms with Crippen molar-refractivity contribution in [3.8, 4) is 11.8 Å². The molecule has 2 aromatic rings. The molecular formula is C19H19N3O3. The van der Waals surface area contributed by atoms with Crippen LogP contribution in [0.5, 0.6) is 5.75 Å². The summed E-state index contributed by atoms with van der Waals surface area (Å²) in [4.78, 5) is 12.8. The highest BCUT2D eigenvalue weighted by Gasteiger charge is 2.28. The zero-order valence-electron chi connectivity index (χ0n) is 14.0. The molecule has 25 heavy (non-hydrogen) atoms. The van der Waals surface area contributed by atoms with Gasteiger partial charge >= 0.3 is 0 Å². The Morgan fingerprint density at radius 3 is 2.80 bits per heavy atom. The number of anilines is 1. The SMILES string of the molecule is C[C@H](C#N)CC1CN(Cc2ccccc2)c2cc([N+](=O)[O-])ccc2O1. The van der Waals surface area contributed by atoms with E-state index in [1.807, 2.05) is 37.3 Å². The van der Waals surface area contributed by atoms with Crippen molar-refractivity contribution in [1.82, 2.24) is 0 Å². The van der Waals surface area contributed by atoms with Gasteiger partial charge in [0.15, 0.2) is 0 Å². The lowest BCUT2D eigenvalue weighted by atomic mass is 10.0. The van der Waals surface area contributed by atoms with Crippen molar-refractivity contribution in [1.29, 1.82) is 5.26 Å². The average Bonchev–Trinajstić information content (AvgIpc) is 2.62. The highest BCUT2D eigenvalue weighted by molar-refractivity contribution is 5.64. The second kappa shape index (κ2) is 7.22. The quantitative estimate of drug-likeness (QED) is 0.610. The number of nitro benzene ring substituents is 1. The molecule has 0 aliphatic carbocycles. The predicted octanol–water partition coefficient (Wildman–Crippen LogP) is 3.91. The molecule has 1 heterocycles. The Morgan fingerprint density at radius 1 is 1.36 bits per heavy atom. The van der Waals surface area contributed by atoms with Crippen molar-refractivity contribution >= 4 is 11.4 Å². The van der Waals surface area contributed by atoms with Crippen LogP contribution in [-0.4, -0.2) is 17.6 Å². The van der Waals surface area contributed by atoms with E-state index in [0.29, 0.717) is 25.3 Å². The summed E-state index contributed by atoms with van der Waals surface area (Å²) in [5.41, 5.74) is 1.89. The van der Waals surface area contributed by atoms with Crippen LogP contribution in [0.25, 0.3) is 0 Å². The van der Waals surface area contributed by atoms with Crippen molar-refractivity contribution in [2.75, 3.05) is 11.4 Å². The minimum atomic E-state index is -0.398. The van der Waals surface area contributed by atoms with Crippen molar-refractivity contribution in [2.45, 2.75) is 26.0 Å². The molecule has 1 aliphatic heterocycles. The van der Waals surface area contributed by atoms with Crippen LogP contribution in [0.2, 0.25) is 0 Å². The lowest BCUT2D eigenvalue weighted by Gasteiger charge is -2.36. The van der Waals surface area contributed by atoms with Crippen molar-refractivity contribution in [2.24, 2.45) is 5.92 Å². The van der Waals surface area contributed by atoms with Gasteiger partial charge in [0, 0.05) is 31.0 Å². The number of rotatable bonds is 5. The van der Waals surface area contributed by atoms with Gasteiger partial charge in [0.2, 0.25) is 0 Å². The molecule has 0 saturated carbocycles. The summed E-state index contributed by atoms with van der Waals surface area (Å²) in [6.45, 7) is 3.10. The van der Waals surface area contributed by atoms with E-state index in [9.17, 15) is 10.1 Å². The van der Waals surface area contributed by atoms with Gasteiger partial charge in [0.25, 0.3) is 5.69 Å². The van der Waals surface area contributed by atoms with Gasteiger partial charge in [-0.05, 0) is 18.6 Å². The van der Waals surface area contributed by atoms with Gasteiger partial charge in [0.1, 0.15) is 11.9 Å². The Kier molecular flexibility index (Phi) is 4.85. The first kappa shape index (κ1) is 16.8. The van der Waals surface area contributed by atoms with Crippen LogP contribution in [0.4, 0.5) is 11.4 Å². The third-order valence-corrected chi connectivity index (χ3v) is 4.26. The van der Waals surface area contributed by atoms with E-state index in [1.165, 1.54) is 6.07 Å². The number of hydrogen-bond acceptors (Lipinski definition) is 5. The van der Waals surface area contributed by atoms with Crippen LogP contribution >= 0.6 is 0 Å². The number of hydrogen-bond donors (Lipinski definition) is 0. The average molecular weight is 337 g/mol. The summed E-state index contributed by atoms with van der Waals surface area (Å²) in [5.74, 6) is 0.520. The Hall–Kier alpha value is -3.07. The first-order chi connectivity index (χ1) is 12.1.